The van der Waals surface area contributed by atoms with Gasteiger partial charge in [-0.25, -0.2) is 8.42 Å². The maximum Gasteiger partial charge on any atom is 0.261 e. The molecule has 36 heavy (non-hydrogen) atoms. The van der Waals surface area contributed by atoms with E-state index in [4.69, 9.17) is 0 Å². The van der Waals surface area contributed by atoms with Crippen molar-refractivity contribution in [3.63, 3.8) is 0 Å². The van der Waals surface area contributed by atoms with Gasteiger partial charge in [-0.2, -0.15) is 0 Å². The molecule has 7 heteroatoms. The zero-order chi connectivity index (χ0) is 25.7. The van der Waals surface area contributed by atoms with E-state index in [1.165, 1.54) is 5.56 Å². The number of benzene rings is 2. The van der Waals surface area contributed by atoms with Gasteiger partial charge in [0.2, 0.25) is 0 Å². The highest BCUT2D eigenvalue weighted by Crippen LogP contribution is 2.30. The van der Waals surface area contributed by atoms with E-state index in [-0.39, 0.29) is 4.90 Å². The Labute approximate surface area is 216 Å². The Balaban J connectivity index is 1.40. The number of piperazine rings is 1. The van der Waals surface area contributed by atoms with Crippen LogP contribution in [0.25, 0.3) is 10.9 Å². The molecule has 2 aromatic carbocycles. The fraction of sp³-hybridized carbons (Fsp3) is 0.483. The Bertz CT molecular complexity index is 1250. The molecule has 1 aliphatic rings. The predicted molar refractivity (Wildman–Crippen MR) is 149 cm³/mol. The Morgan fingerprint density at radius 2 is 1.75 bits per heavy atom. The van der Waals surface area contributed by atoms with Crippen molar-refractivity contribution in [1.29, 1.82) is 0 Å². The lowest BCUT2D eigenvalue weighted by atomic mass is 9.99. The zero-order valence-corrected chi connectivity index (χ0v) is 22.8. The van der Waals surface area contributed by atoms with Gasteiger partial charge in [-0.05, 0) is 93.5 Å². The summed E-state index contributed by atoms with van der Waals surface area (Å²) in [6.45, 7) is 12.1. The molecule has 0 saturated carbocycles. The van der Waals surface area contributed by atoms with Crippen LogP contribution in [-0.4, -0.2) is 50.0 Å². The van der Waals surface area contributed by atoms with E-state index in [2.05, 4.69) is 47.6 Å². The number of sulfonamides is 1. The van der Waals surface area contributed by atoms with E-state index in [1.54, 1.807) is 18.3 Å². The minimum atomic E-state index is -3.72. The SMILES string of the molecule is CC(C)Cc1ccc2ncccc2c1NS(=O)(=O)c1ccc(CCCCN2C[C@@H](C)N[C@@H](C)C2)cc1. The standard InChI is InChI=1S/C29H40N4O2S/c1-21(2)18-25-12-15-28-27(9-7-16-30-28)29(25)32-36(34,35)26-13-10-24(11-14-26)8-5-6-17-33-19-22(3)31-23(4)20-33/h7,9-16,21-23,31-32H,5-6,8,17-20H2,1-4H3/t22-,23+. The molecule has 4 rings (SSSR count). The first-order valence-corrected chi connectivity index (χ1v) is 14.7. The monoisotopic (exact) mass is 508 g/mol. The van der Waals surface area contributed by atoms with Crippen LogP contribution in [0.1, 0.15) is 51.7 Å². The van der Waals surface area contributed by atoms with Crippen LogP contribution in [0.2, 0.25) is 0 Å². The van der Waals surface area contributed by atoms with E-state index in [9.17, 15) is 8.42 Å². The first kappa shape index (κ1) is 26.6. The Hall–Kier alpha value is -2.48. The highest BCUT2D eigenvalue weighted by atomic mass is 32.2. The Kier molecular flexibility index (Phi) is 8.65. The molecule has 0 spiro atoms. The summed E-state index contributed by atoms with van der Waals surface area (Å²) in [4.78, 5) is 7.24. The minimum Gasteiger partial charge on any atom is -0.309 e. The van der Waals surface area contributed by atoms with Crippen LogP contribution in [0, 0.1) is 5.92 Å². The third-order valence-corrected chi connectivity index (χ3v) is 8.16. The normalized spacial score (nSPS) is 19.1. The molecule has 1 saturated heterocycles. The molecule has 0 bridgehead atoms. The molecule has 0 unspecified atom stereocenters. The van der Waals surface area contributed by atoms with E-state index in [1.807, 2.05) is 36.4 Å². The van der Waals surface area contributed by atoms with Gasteiger partial charge in [0.05, 0.1) is 16.1 Å². The van der Waals surface area contributed by atoms with E-state index in [0.717, 1.165) is 61.8 Å². The molecule has 2 heterocycles. The summed E-state index contributed by atoms with van der Waals surface area (Å²) in [6.07, 6.45) is 5.71. The Morgan fingerprint density at radius 3 is 2.44 bits per heavy atom. The maximum atomic E-state index is 13.3. The zero-order valence-electron chi connectivity index (χ0n) is 22.0. The fourth-order valence-corrected chi connectivity index (χ4v) is 6.37. The first-order valence-electron chi connectivity index (χ1n) is 13.2. The van der Waals surface area contributed by atoms with Gasteiger partial charge in [-0.1, -0.05) is 32.0 Å². The van der Waals surface area contributed by atoms with Crippen molar-refractivity contribution in [1.82, 2.24) is 15.2 Å². The van der Waals surface area contributed by atoms with Crippen molar-refractivity contribution in [3.05, 3.63) is 65.9 Å². The second kappa shape index (κ2) is 11.7. The molecule has 3 aromatic rings. The number of nitrogens with zero attached hydrogens (tertiary/aromatic N) is 2. The van der Waals surface area contributed by atoms with E-state index in [0.29, 0.717) is 23.7 Å². The van der Waals surface area contributed by atoms with Crippen LogP contribution in [0.15, 0.2) is 59.6 Å². The highest BCUT2D eigenvalue weighted by molar-refractivity contribution is 7.92. The highest BCUT2D eigenvalue weighted by Gasteiger charge is 2.21. The van der Waals surface area contributed by atoms with Crippen LogP contribution >= 0.6 is 0 Å². The lowest BCUT2D eigenvalue weighted by molar-refractivity contribution is 0.171. The molecular weight excluding hydrogens is 468 g/mol. The molecule has 2 atom stereocenters. The van der Waals surface area contributed by atoms with Gasteiger partial charge >= 0.3 is 0 Å². The van der Waals surface area contributed by atoms with E-state index < -0.39 is 10.0 Å². The number of nitrogens with one attached hydrogen (secondary N) is 2. The minimum absolute atomic E-state index is 0.284. The molecule has 6 nitrogen and oxygen atoms in total. The first-order chi connectivity index (χ1) is 17.2. The average Bonchev–Trinajstić information content (AvgIpc) is 2.83. The van der Waals surface area contributed by atoms with Gasteiger partial charge in [-0.15, -0.1) is 0 Å². The van der Waals surface area contributed by atoms with Gasteiger partial charge in [0, 0.05) is 36.8 Å². The second-order valence-corrected chi connectivity index (χ2v) is 12.4. The summed E-state index contributed by atoms with van der Waals surface area (Å²) in [7, 11) is -3.72. The topological polar surface area (TPSA) is 74.3 Å². The number of aryl methyl sites for hydroxylation is 1. The van der Waals surface area contributed by atoms with Gasteiger partial charge < -0.3 is 10.2 Å². The summed E-state index contributed by atoms with van der Waals surface area (Å²) in [5.74, 6) is 0.403. The lowest BCUT2D eigenvalue weighted by Crippen LogP contribution is -2.54. The van der Waals surface area contributed by atoms with Crippen molar-refractivity contribution < 1.29 is 8.42 Å². The van der Waals surface area contributed by atoms with Gasteiger partial charge in [0.1, 0.15) is 0 Å². The number of pyridine rings is 1. The molecule has 0 aliphatic carbocycles. The van der Waals surface area contributed by atoms with Gasteiger partial charge in [0.15, 0.2) is 0 Å². The summed E-state index contributed by atoms with van der Waals surface area (Å²) in [5, 5.41) is 4.40. The van der Waals surface area contributed by atoms with Crippen molar-refractivity contribution >= 4 is 26.6 Å². The van der Waals surface area contributed by atoms with Crippen LogP contribution in [0.5, 0.6) is 0 Å². The molecule has 1 fully saturated rings. The Morgan fingerprint density at radius 1 is 1.03 bits per heavy atom. The third kappa shape index (κ3) is 6.84. The summed E-state index contributed by atoms with van der Waals surface area (Å²) in [6, 6.07) is 16.2. The van der Waals surface area contributed by atoms with Crippen molar-refractivity contribution in [2.24, 2.45) is 5.92 Å². The number of anilines is 1. The molecule has 0 radical (unpaired) electrons. The summed E-state index contributed by atoms with van der Waals surface area (Å²) >= 11 is 0. The number of hydrogen-bond acceptors (Lipinski definition) is 5. The fourth-order valence-electron chi connectivity index (χ4n) is 5.24. The molecule has 0 amide bonds. The molecule has 1 aliphatic heterocycles. The summed E-state index contributed by atoms with van der Waals surface area (Å²) in [5.41, 5.74) is 3.57. The van der Waals surface area contributed by atoms with Crippen molar-refractivity contribution in [2.75, 3.05) is 24.4 Å². The number of aromatic nitrogens is 1. The maximum absolute atomic E-state index is 13.3. The van der Waals surface area contributed by atoms with Crippen LogP contribution < -0.4 is 10.0 Å². The molecule has 1 aromatic heterocycles. The van der Waals surface area contributed by atoms with Crippen molar-refractivity contribution in [2.45, 2.75) is 70.4 Å². The second-order valence-electron chi connectivity index (χ2n) is 10.7. The number of rotatable bonds is 10. The molecule has 2 N–H and O–H groups in total. The summed E-state index contributed by atoms with van der Waals surface area (Å²) < 4.78 is 29.6. The lowest BCUT2D eigenvalue weighted by Gasteiger charge is -2.36. The van der Waals surface area contributed by atoms with E-state index >= 15 is 0 Å². The number of hydrogen-bond donors (Lipinski definition) is 2. The third-order valence-electron chi connectivity index (χ3n) is 6.79. The average molecular weight is 509 g/mol. The number of fused-ring (bicyclic) bond motifs is 1. The smallest absolute Gasteiger partial charge is 0.261 e. The van der Waals surface area contributed by atoms with Crippen LogP contribution in [-0.2, 0) is 22.9 Å². The van der Waals surface area contributed by atoms with Gasteiger partial charge in [-0.3, -0.25) is 9.71 Å². The quantitative estimate of drug-likeness (QED) is 0.367. The number of unbranched alkanes of at least 4 members (excludes halogenated alkanes) is 1. The molecule has 194 valence electrons. The van der Waals surface area contributed by atoms with Crippen LogP contribution in [0.3, 0.4) is 0 Å². The van der Waals surface area contributed by atoms with Gasteiger partial charge in [0.25, 0.3) is 10.0 Å². The largest absolute Gasteiger partial charge is 0.309 e. The van der Waals surface area contributed by atoms with Crippen molar-refractivity contribution in [3.8, 4) is 0 Å². The molecular formula is C29H40N4O2S. The van der Waals surface area contributed by atoms with Crippen LogP contribution in [0.4, 0.5) is 5.69 Å². The predicted octanol–water partition coefficient (Wildman–Crippen LogP) is 5.24.